The van der Waals surface area contributed by atoms with E-state index in [-0.39, 0.29) is 5.54 Å². The molecule has 5 nitrogen and oxygen atoms in total. The molecule has 1 aliphatic heterocycles. The Kier molecular flexibility index (Phi) is 2.89. The Balaban J connectivity index is 1.60. The maximum absolute atomic E-state index is 6.31. The number of nitrogens with two attached hydrogens (primary N) is 1. The number of hydrogen-bond donors (Lipinski definition) is 2. The van der Waals surface area contributed by atoms with Crippen molar-refractivity contribution in [2.45, 2.75) is 62.8 Å². The number of nitrogens with zero attached hydrogens (tertiary/aromatic N) is 2. The molecule has 1 saturated heterocycles. The SMILES string of the molecule is NC1(c2noc(C3CNCC34CCCCC4)n2)CCC1. The van der Waals surface area contributed by atoms with Crippen LogP contribution >= 0.6 is 0 Å². The van der Waals surface area contributed by atoms with Crippen LogP contribution in [-0.4, -0.2) is 23.2 Å². The molecule has 5 heteroatoms. The van der Waals surface area contributed by atoms with Crippen molar-refractivity contribution in [2.24, 2.45) is 11.1 Å². The largest absolute Gasteiger partial charge is 0.339 e. The number of aromatic nitrogens is 2. The molecule has 1 aromatic heterocycles. The van der Waals surface area contributed by atoms with Gasteiger partial charge in [0.25, 0.3) is 0 Å². The van der Waals surface area contributed by atoms with E-state index in [2.05, 4.69) is 10.5 Å². The molecule has 20 heavy (non-hydrogen) atoms. The third-order valence-corrected chi connectivity index (χ3v) is 5.84. The molecule has 1 unspecified atom stereocenters. The topological polar surface area (TPSA) is 77.0 Å². The van der Waals surface area contributed by atoms with Crippen molar-refractivity contribution in [1.29, 1.82) is 0 Å². The van der Waals surface area contributed by atoms with Gasteiger partial charge in [0.2, 0.25) is 5.89 Å². The molecule has 4 rings (SSSR count). The van der Waals surface area contributed by atoms with Gasteiger partial charge in [0.05, 0.1) is 11.5 Å². The summed E-state index contributed by atoms with van der Waals surface area (Å²) in [6.45, 7) is 2.07. The molecular weight excluding hydrogens is 252 g/mol. The van der Waals surface area contributed by atoms with Crippen LogP contribution in [0.2, 0.25) is 0 Å². The summed E-state index contributed by atoms with van der Waals surface area (Å²) in [7, 11) is 0. The second-order valence-electron chi connectivity index (χ2n) is 7.07. The highest BCUT2D eigenvalue weighted by atomic mass is 16.5. The Bertz CT molecular complexity index is 488. The van der Waals surface area contributed by atoms with E-state index in [1.54, 1.807) is 0 Å². The minimum Gasteiger partial charge on any atom is -0.339 e. The van der Waals surface area contributed by atoms with Crippen LogP contribution in [0.1, 0.15) is 69.0 Å². The third kappa shape index (κ3) is 1.83. The first kappa shape index (κ1) is 12.8. The zero-order valence-electron chi connectivity index (χ0n) is 12.0. The molecular formula is C15H24N4O. The molecule has 2 saturated carbocycles. The second kappa shape index (κ2) is 4.53. The number of nitrogens with one attached hydrogen (secondary N) is 1. The molecule has 1 spiro atoms. The molecule has 1 aromatic rings. The predicted octanol–water partition coefficient (Wildman–Crippen LogP) is 2.04. The van der Waals surface area contributed by atoms with Gasteiger partial charge >= 0.3 is 0 Å². The smallest absolute Gasteiger partial charge is 0.231 e. The van der Waals surface area contributed by atoms with Crippen LogP contribution in [0.15, 0.2) is 4.52 Å². The van der Waals surface area contributed by atoms with Gasteiger partial charge in [-0.05, 0) is 37.5 Å². The maximum atomic E-state index is 6.31. The van der Waals surface area contributed by atoms with E-state index in [4.69, 9.17) is 15.2 Å². The first-order chi connectivity index (χ1) is 9.72. The van der Waals surface area contributed by atoms with E-state index >= 15 is 0 Å². The molecule has 0 amide bonds. The van der Waals surface area contributed by atoms with Crippen molar-refractivity contribution < 1.29 is 4.52 Å². The van der Waals surface area contributed by atoms with Crippen LogP contribution in [0.5, 0.6) is 0 Å². The highest BCUT2D eigenvalue weighted by molar-refractivity contribution is 5.14. The molecule has 3 fully saturated rings. The standard InChI is InChI=1S/C15H24N4O/c16-15(7-4-8-15)13-18-12(20-19-13)11-9-17-10-14(11)5-2-1-3-6-14/h11,17H,1-10,16H2. The normalized spacial score (nSPS) is 31.4. The van der Waals surface area contributed by atoms with Crippen molar-refractivity contribution in [2.75, 3.05) is 13.1 Å². The van der Waals surface area contributed by atoms with E-state index in [1.165, 1.54) is 38.5 Å². The number of hydrogen-bond acceptors (Lipinski definition) is 5. The predicted molar refractivity (Wildman–Crippen MR) is 75.1 cm³/mol. The Morgan fingerprint density at radius 2 is 1.90 bits per heavy atom. The zero-order valence-corrected chi connectivity index (χ0v) is 12.0. The molecule has 1 atom stereocenters. The minimum atomic E-state index is -0.312. The van der Waals surface area contributed by atoms with Gasteiger partial charge in [-0.2, -0.15) is 4.98 Å². The van der Waals surface area contributed by atoms with Gasteiger partial charge in [-0.3, -0.25) is 0 Å². The summed E-state index contributed by atoms with van der Waals surface area (Å²) in [5.74, 6) is 1.94. The lowest BCUT2D eigenvalue weighted by Crippen LogP contribution is -2.44. The Morgan fingerprint density at radius 1 is 1.10 bits per heavy atom. The first-order valence-corrected chi connectivity index (χ1v) is 8.06. The molecule has 110 valence electrons. The maximum Gasteiger partial charge on any atom is 0.231 e. The van der Waals surface area contributed by atoms with E-state index in [0.717, 1.165) is 37.6 Å². The first-order valence-electron chi connectivity index (χ1n) is 8.06. The lowest BCUT2D eigenvalue weighted by Gasteiger charge is -2.36. The van der Waals surface area contributed by atoms with E-state index < -0.39 is 0 Å². The van der Waals surface area contributed by atoms with Crippen LogP contribution in [0.25, 0.3) is 0 Å². The van der Waals surface area contributed by atoms with Crippen LogP contribution in [0, 0.1) is 5.41 Å². The van der Waals surface area contributed by atoms with Crippen molar-refractivity contribution in [3.05, 3.63) is 11.7 Å². The third-order valence-electron chi connectivity index (χ3n) is 5.84. The highest BCUT2D eigenvalue weighted by Gasteiger charge is 2.48. The van der Waals surface area contributed by atoms with Gasteiger partial charge in [0.1, 0.15) is 0 Å². The zero-order chi connectivity index (χ0) is 13.6. The molecule has 0 radical (unpaired) electrons. The quantitative estimate of drug-likeness (QED) is 0.864. The van der Waals surface area contributed by atoms with Crippen molar-refractivity contribution in [3.8, 4) is 0 Å². The van der Waals surface area contributed by atoms with Crippen molar-refractivity contribution >= 4 is 0 Å². The Labute approximate surface area is 119 Å². The molecule has 0 bridgehead atoms. The van der Waals surface area contributed by atoms with E-state index in [9.17, 15) is 0 Å². The van der Waals surface area contributed by atoms with Gasteiger partial charge in [-0.1, -0.05) is 24.4 Å². The highest BCUT2D eigenvalue weighted by Crippen LogP contribution is 2.49. The van der Waals surface area contributed by atoms with Crippen LogP contribution in [-0.2, 0) is 5.54 Å². The van der Waals surface area contributed by atoms with Crippen LogP contribution in [0.4, 0.5) is 0 Å². The molecule has 3 N–H and O–H groups in total. The lowest BCUT2D eigenvalue weighted by molar-refractivity contribution is 0.165. The summed E-state index contributed by atoms with van der Waals surface area (Å²) >= 11 is 0. The molecule has 3 aliphatic rings. The van der Waals surface area contributed by atoms with Gasteiger partial charge in [0, 0.05) is 13.1 Å². The fourth-order valence-corrected chi connectivity index (χ4v) is 4.30. The monoisotopic (exact) mass is 276 g/mol. The number of rotatable bonds is 2. The summed E-state index contributed by atoms with van der Waals surface area (Å²) in [6.07, 6.45) is 9.76. The second-order valence-corrected chi connectivity index (χ2v) is 7.07. The fourth-order valence-electron chi connectivity index (χ4n) is 4.30. The average molecular weight is 276 g/mol. The molecule has 0 aromatic carbocycles. The van der Waals surface area contributed by atoms with Gasteiger partial charge in [-0.25, -0.2) is 0 Å². The van der Waals surface area contributed by atoms with E-state index in [1.807, 2.05) is 0 Å². The van der Waals surface area contributed by atoms with E-state index in [0.29, 0.717) is 11.3 Å². The van der Waals surface area contributed by atoms with Crippen LogP contribution in [0.3, 0.4) is 0 Å². The summed E-state index contributed by atoms with van der Waals surface area (Å²) in [6, 6.07) is 0. The minimum absolute atomic E-state index is 0.312. The summed E-state index contributed by atoms with van der Waals surface area (Å²) in [4.78, 5) is 4.69. The lowest BCUT2D eigenvalue weighted by atomic mass is 9.67. The van der Waals surface area contributed by atoms with Crippen molar-refractivity contribution in [3.63, 3.8) is 0 Å². The Hall–Kier alpha value is -0.940. The summed E-state index contributed by atoms with van der Waals surface area (Å²) < 4.78 is 5.62. The Morgan fingerprint density at radius 3 is 2.60 bits per heavy atom. The van der Waals surface area contributed by atoms with Crippen LogP contribution < -0.4 is 11.1 Å². The fraction of sp³-hybridized carbons (Fsp3) is 0.867. The molecule has 2 heterocycles. The van der Waals surface area contributed by atoms with Gasteiger partial charge < -0.3 is 15.6 Å². The van der Waals surface area contributed by atoms with Crippen molar-refractivity contribution in [1.82, 2.24) is 15.5 Å². The summed E-state index contributed by atoms with van der Waals surface area (Å²) in [5, 5.41) is 7.74. The van der Waals surface area contributed by atoms with Gasteiger partial charge in [0.15, 0.2) is 5.82 Å². The molecule has 2 aliphatic carbocycles. The average Bonchev–Trinajstić information content (AvgIpc) is 3.04. The summed E-state index contributed by atoms with van der Waals surface area (Å²) in [5.41, 5.74) is 6.34. The van der Waals surface area contributed by atoms with Gasteiger partial charge in [-0.15, -0.1) is 0 Å².